The first-order chi connectivity index (χ1) is 16.5. The number of fused-ring (bicyclic) bond motifs is 1. The molecule has 0 saturated carbocycles. The highest BCUT2D eigenvalue weighted by atomic mass is 32.1. The number of rotatable bonds is 9. The number of aromatic nitrogens is 3. The lowest BCUT2D eigenvalue weighted by molar-refractivity contribution is 0.100. The highest BCUT2D eigenvalue weighted by Gasteiger charge is 2.18. The van der Waals surface area contributed by atoms with E-state index in [1.54, 1.807) is 22.8 Å². The first-order valence-corrected chi connectivity index (χ1v) is 11.2. The third-order valence-corrected chi connectivity index (χ3v) is 6.24. The normalized spacial score (nSPS) is 10.8. The number of benzene rings is 1. The number of nitrogens with one attached hydrogen (secondary N) is 1. The highest BCUT2D eigenvalue weighted by Crippen LogP contribution is 2.36. The Hall–Kier alpha value is -4.17. The van der Waals surface area contributed by atoms with E-state index in [9.17, 15) is 14.4 Å². The molecule has 9 nitrogen and oxygen atoms in total. The van der Waals surface area contributed by atoms with Crippen LogP contribution in [0.4, 0.5) is 10.2 Å². The predicted octanol–water partition coefficient (Wildman–Crippen LogP) is 3.79. The SMILES string of the molecule is CCOc1cc(-c2cc(NCCn3c(C#N)cc4c(OC)ccc(F)c43)ncn2)sc1C(N)=O. The monoisotopic (exact) mass is 480 g/mol. The Morgan fingerprint density at radius 1 is 1.29 bits per heavy atom. The van der Waals surface area contributed by atoms with E-state index >= 15 is 0 Å². The van der Waals surface area contributed by atoms with Gasteiger partial charge in [-0.05, 0) is 25.1 Å². The van der Waals surface area contributed by atoms with E-state index in [-0.39, 0.29) is 0 Å². The topological polar surface area (TPSA) is 128 Å². The third kappa shape index (κ3) is 4.35. The molecule has 4 aromatic rings. The van der Waals surface area contributed by atoms with E-state index in [2.05, 4.69) is 21.4 Å². The minimum atomic E-state index is -0.566. The molecule has 0 aliphatic carbocycles. The molecule has 3 heterocycles. The Kier molecular flexibility index (Phi) is 6.60. The summed E-state index contributed by atoms with van der Waals surface area (Å²) in [6.45, 7) is 2.91. The maximum Gasteiger partial charge on any atom is 0.262 e. The van der Waals surface area contributed by atoms with E-state index in [1.807, 2.05) is 6.92 Å². The van der Waals surface area contributed by atoms with Crippen molar-refractivity contribution in [1.82, 2.24) is 14.5 Å². The van der Waals surface area contributed by atoms with E-state index in [0.717, 1.165) is 0 Å². The first-order valence-electron chi connectivity index (χ1n) is 10.3. The summed E-state index contributed by atoms with van der Waals surface area (Å²) in [6, 6.07) is 10.0. The van der Waals surface area contributed by atoms with Gasteiger partial charge in [-0.2, -0.15) is 5.26 Å². The summed E-state index contributed by atoms with van der Waals surface area (Å²) in [5, 5.41) is 13.2. The second kappa shape index (κ2) is 9.76. The minimum Gasteiger partial charge on any atom is -0.496 e. The summed E-state index contributed by atoms with van der Waals surface area (Å²) in [6.07, 6.45) is 1.40. The molecule has 0 spiro atoms. The molecule has 0 aliphatic rings. The number of hydrogen-bond acceptors (Lipinski definition) is 8. The molecule has 0 bridgehead atoms. The smallest absolute Gasteiger partial charge is 0.262 e. The summed E-state index contributed by atoms with van der Waals surface area (Å²) in [5.41, 5.74) is 6.68. The minimum absolute atomic E-state index is 0.307. The van der Waals surface area contributed by atoms with Gasteiger partial charge >= 0.3 is 0 Å². The maximum absolute atomic E-state index is 14.6. The zero-order valence-corrected chi connectivity index (χ0v) is 19.3. The van der Waals surface area contributed by atoms with Gasteiger partial charge in [0.1, 0.15) is 46.1 Å². The van der Waals surface area contributed by atoms with Crippen LogP contribution < -0.4 is 20.5 Å². The second-order valence-corrected chi connectivity index (χ2v) is 8.17. The molecule has 3 aromatic heterocycles. The summed E-state index contributed by atoms with van der Waals surface area (Å²) in [7, 11) is 1.50. The average Bonchev–Trinajstić information content (AvgIpc) is 3.42. The second-order valence-electron chi connectivity index (χ2n) is 7.12. The number of amides is 1. The molecule has 4 rings (SSSR count). The van der Waals surface area contributed by atoms with Gasteiger partial charge in [0, 0.05) is 30.6 Å². The van der Waals surface area contributed by atoms with Crippen molar-refractivity contribution >= 4 is 34.0 Å². The fraction of sp³-hybridized carbons (Fsp3) is 0.217. The molecule has 34 heavy (non-hydrogen) atoms. The van der Waals surface area contributed by atoms with Crippen molar-refractivity contribution in [3.8, 4) is 28.1 Å². The first kappa shape index (κ1) is 23.0. The number of nitrogens with zero attached hydrogens (tertiary/aromatic N) is 4. The highest BCUT2D eigenvalue weighted by molar-refractivity contribution is 7.17. The molecule has 11 heteroatoms. The van der Waals surface area contributed by atoms with Gasteiger partial charge in [0.25, 0.3) is 5.91 Å². The number of carbonyl (C=O) groups excluding carboxylic acids is 1. The Bertz CT molecular complexity index is 1410. The molecule has 0 atom stereocenters. The standard InChI is InChI=1S/C23H21FN6O3S/c1-3-33-18-10-19(34-22(18)23(26)31)16-9-20(29-12-28-16)27-6-7-30-13(11-25)8-14-17(32-2)5-4-15(24)21(14)30/h4-5,8-10,12H,3,6-7H2,1-2H3,(H2,26,31)(H,27,28,29). The summed E-state index contributed by atoms with van der Waals surface area (Å²) in [4.78, 5) is 21.3. The summed E-state index contributed by atoms with van der Waals surface area (Å²) in [5.74, 6) is 0.449. The van der Waals surface area contributed by atoms with Crippen molar-refractivity contribution in [2.45, 2.75) is 13.5 Å². The van der Waals surface area contributed by atoms with E-state index < -0.39 is 11.7 Å². The lowest BCUT2D eigenvalue weighted by atomic mass is 10.2. The van der Waals surface area contributed by atoms with Crippen molar-refractivity contribution in [3.05, 3.63) is 53.0 Å². The van der Waals surface area contributed by atoms with Gasteiger partial charge in [-0.15, -0.1) is 11.3 Å². The summed E-state index contributed by atoms with van der Waals surface area (Å²) < 4.78 is 27.0. The molecule has 0 unspecified atom stereocenters. The lowest BCUT2D eigenvalue weighted by Gasteiger charge is -2.11. The van der Waals surface area contributed by atoms with Gasteiger partial charge in [0.2, 0.25) is 0 Å². The zero-order chi connectivity index (χ0) is 24.2. The van der Waals surface area contributed by atoms with Crippen molar-refractivity contribution in [3.63, 3.8) is 0 Å². The lowest BCUT2D eigenvalue weighted by Crippen LogP contribution is -2.13. The van der Waals surface area contributed by atoms with Crippen LogP contribution in [0, 0.1) is 17.1 Å². The number of nitriles is 1. The van der Waals surface area contributed by atoms with Crippen molar-refractivity contribution in [2.75, 3.05) is 25.6 Å². The van der Waals surface area contributed by atoms with E-state index in [4.69, 9.17) is 15.2 Å². The van der Waals surface area contributed by atoms with Gasteiger partial charge in [0.05, 0.1) is 29.8 Å². The van der Waals surface area contributed by atoms with Gasteiger partial charge < -0.3 is 25.1 Å². The van der Waals surface area contributed by atoms with Crippen molar-refractivity contribution in [1.29, 1.82) is 5.26 Å². The van der Waals surface area contributed by atoms with Crippen LogP contribution in [-0.4, -0.2) is 40.7 Å². The predicted molar refractivity (Wildman–Crippen MR) is 127 cm³/mol. The number of hydrogen-bond donors (Lipinski definition) is 2. The Labute approximate surface area is 198 Å². The molecule has 1 amide bonds. The number of halogens is 1. The third-order valence-electron chi connectivity index (χ3n) is 5.09. The number of thiophene rings is 1. The van der Waals surface area contributed by atoms with Crippen LogP contribution in [0.15, 0.2) is 36.7 Å². The largest absolute Gasteiger partial charge is 0.496 e. The van der Waals surface area contributed by atoms with Crippen LogP contribution in [0.25, 0.3) is 21.5 Å². The van der Waals surface area contributed by atoms with Gasteiger partial charge in [0.15, 0.2) is 0 Å². The summed E-state index contributed by atoms with van der Waals surface area (Å²) >= 11 is 1.19. The maximum atomic E-state index is 14.6. The van der Waals surface area contributed by atoms with Crippen LogP contribution in [0.5, 0.6) is 11.5 Å². The van der Waals surface area contributed by atoms with Crippen LogP contribution in [0.2, 0.25) is 0 Å². The quantitative estimate of drug-likeness (QED) is 0.373. The Morgan fingerprint density at radius 3 is 2.82 bits per heavy atom. The van der Waals surface area contributed by atoms with Gasteiger partial charge in [-0.3, -0.25) is 4.79 Å². The number of carbonyl (C=O) groups is 1. The zero-order valence-electron chi connectivity index (χ0n) is 18.5. The van der Waals surface area contributed by atoms with Crippen LogP contribution in [0.1, 0.15) is 22.3 Å². The molecule has 0 saturated heterocycles. The fourth-order valence-electron chi connectivity index (χ4n) is 3.63. The fourth-order valence-corrected chi connectivity index (χ4v) is 4.56. The number of ether oxygens (including phenoxy) is 2. The van der Waals surface area contributed by atoms with Crippen molar-refractivity contribution in [2.24, 2.45) is 5.73 Å². The molecule has 174 valence electrons. The van der Waals surface area contributed by atoms with E-state index in [1.165, 1.54) is 36.9 Å². The number of nitrogens with two attached hydrogens (primary N) is 1. The Balaban J connectivity index is 1.55. The molecule has 0 radical (unpaired) electrons. The van der Waals surface area contributed by atoms with Crippen molar-refractivity contribution < 1.29 is 18.7 Å². The number of anilines is 1. The van der Waals surface area contributed by atoms with Crippen LogP contribution in [-0.2, 0) is 6.54 Å². The number of primary amides is 1. The van der Waals surface area contributed by atoms with E-state index in [0.29, 0.717) is 69.1 Å². The molecule has 1 aromatic carbocycles. The molecular formula is C23H21FN6O3S. The van der Waals surface area contributed by atoms with Crippen LogP contribution in [0.3, 0.4) is 0 Å². The average molecular weight is 481 g/mol. The molecular weight excluding hydrogens is 459 g/mol. The molecule has 3 N–H and O–H groups in total. The van der Waals surface area contributed by atoms with Gasteiger partial charge in [-0.1, -0.05) is 0 Å². The molecule has 0 fully saturated rings. The van der Waals surface area contributed by atoms with Gasteiger partial charge in [-0.25, -0.2) is 14.4 Å². The molecule has 0 aliphatic heterocycles. The Morgan fingerprint density at radius 2 is 2.12 bits per heavy atom. The number of methoxy groups -OCH3 is 1. The van der Waals surface area contributed by atoms with Crippen LogP contribution >= 0.6 is 11.3 Å².